The van der Waals surface area contributed by atoms with Crippen molar-refractivity contribution < 1.29 is 19.0 Å². The molecule has 0 unspecified atom stereocenters. The van der Waals surface area contributed by atoms with E-state index in [9.17, 15) is 9.59 Å². The number of aromatic nitrogens is 3. The summed E-state index contributed by atoms with van der Waals surface area (Å²) in [7, 11) is 3.24. The number of methoxy groups -OCH3 is 1. The van der Waals surface area contributed by atoms with Gasteiger partial charge in [-0.2, -0.15) is 5.10 Å². The fraction of sp³-hybridized carbons (Fsp3) is 0.444. The SMILES string of the molecule is COC(=O)c1c(OCCCc2cnn(C)c2)cc(=O)n2c1CCN(Cc1ccc3c(c1)CCO3)CC2. The largest absolute Gasteiger partial charge is 0.493 e. The number of hydrogen-bond donors (Lipinski definition) is 0. The van der Waals surface area contributed by atoms with Gasteiger partial charge in [0.05, 0.1) is 26.5 Å². The number of ether oxygens (including phenoxy) is 3. The fourth-order valence-corrected chi connectivity index (χ4v) is 5.04. The minimum Gasteiger partial charge on any atom is -0.493 e. The number of carbonyl (C=O) groups is 1. The van der Waals surface area contributed by atoms with Gasteiger partial charge in [0.2, 0.25) is 0 Å². The molecule has 0 saturated carbocycles. The van der Waals surface area contributed by atoms with Gasteiger partial charge >= 0.3 is 5.97 Å². The van der Waals surface area contributed by atoms with E-state index in [-0.39, 0.29) is 5.56 Å². The van der Waals surface area contributed by atoms with Gasteiger partial charge in [-0.3, -0.25) is 14.4 Å². The topological polar surface area (TPSA) is 87.8 Å². The molecule has 2 aliphatic heterocycles. The van der Waals surface area contributed by atoms with Crippen molar-refractivity contribution in [2.24, 2.45) is 7.05 Å². The lowest BCUT2D eigenvalue weighted by Crippen LogP contribution is -2.29. The number of fused-ring (bicyclic) bond motifs is 2. The lowest BCUT2D eigenvalue weighted by molar-refractivity contribution is 0.0593. The predicted molar refractivity (Wildman–Crippen MR) is 134 cm³/mol. The highest BCUT2D eigenvalue weighted by molar-refractivity contribution is 5.93. The minimum absolute atomic E-state index is 0.156. The highest BCUT2D eigenvalue weighted by atomic mass is 16.5. The highest BCUT2D eigenvalue weighted by Gasteiger charge is 2.26. The second-order valence-electron chi connectivity index (χ2n) is 9.35. The Hall–Kier alpha value is -3.59. The molecule has 1 aromatic carbocycles. The average molecular weight is 493 g/mol. The van der Waals surface area contributed by atoms with Crippen LogP contribution in [0.5, 0.6) is 11.5 Å². The molecular formula is C27H32N4O5. The first-order valence-corrected chi connectivity index (χ1v) is 12.4. The van der Waals surface area contributed by atoms with Crippen LogP contribution in [0.3, 0.4) is 0 Å². The summed E-state index contributed by atoms with van der Waals surface area (Å²) in [5.74, 6) is 0.800. The molecule has 0 spiro atoms. The van der Waals surface area contributed by atoms with Gasteiger partial charge in [0.25, 0.3) is 5.56 Å². The molecule has 0 saturated heterocycles. The first kappa shape index (κ1) is 24.1. The molecule has 0 amide bonds. The Bertz CT molecular complexity index is 1310. The molecule has 0 N–H and O–H groups in total. The molecule has 0 bridgehead atoms. The lowest BCUT2D eigenvalue weighted by Gasteiger charge is -2.19. The van der Waals surface area contributed by atoms with Crippen molar-refractivity contribution in [3.63, 3.8) is 0 Å². The van der Waals surface area contributed by atoms with E-state index < -0.39 is 5.97 Å². The summed E-state index contributed by atoms with van der Waals surface area (Å²) in [5, 5.41) is 4.18. The van der Waals surface area contributed by atoms with E-state index in [4.69, 9.17) is 14.2 Å². The molecule has 3 aromatic rings. The van der Waals surface area contributed by atoms with Crippen LogP contribution in [0.25, 0.3) is 0 Å². The van der Waals surface area contributed by atoms with Crippen molar-refractivity contribution in [2.45, 2.75) is 38.8 Å². The maximum Gasteiger partial charge on any atom is 0.343 e. The monoisotopic (exact) mass is 492 g/mol. The smallest absolute Gasteiger partial charge is 0.343 e. The molecule has 9 nitrogen and oxygen atoms in total. The lowest BCUT2D eigenvalue weighted by atomic mass is 10.1. The summed E-state index contributed by atoms with van der Waals surface area (Å²) in [6.45, 7) is 3.85. The van der Waals surface area contributed by atoms with Crippen LogP contribution in [0.4, 0.5) is 0 Å². The summed E-state index contributed by atoms with van der Waals surface area (Å²) in [4.78, 5) is 28.2. The second kappa shape index (κ2) is 10.6. The Labute approximate surface area is 210 Å². The number of hydrogen-bond acceptors (Lipinski definition) is 7. The van der Waals surface area contributed by atoms with Crippen molar-refractivity contribution >= 4 is 5.97 Å². The molecular weight excluding hydrogens is 460 g/mol. The van der Waals surface area contributed by atoms with E-state index >= 15 is 0 Å². The number of aryl methyl sites for hydroxylation is 2. The highest BCUT2D eigenvalue weighted by Crippen LogP contribution is 2.28. The molecule has 190 valence electrons. The quantitative estimate of drug-likeness (QED) is 0.352. The summed E-state index contributed by atoms with van der Waals surface area (Å²) in [5.41, 5.74) is 4.48. The van der Waals surface area contributed by atoms with Gasteiger partial charge in [-0.05, 0) is 35.6 Å². The molecule has 36 heavy (non-hydrogen) atoms. The Morgan fingerprint density at radius 1 is 1.14 bits per heavy atom. The third kappa shape index (κ3) is 5.16. The normalized spacial score (nSPS) is 15.1. The Balaban J connectivity index is 1.31. The number of rotatable bonds is 8. The number of pyridine rings is 1. The van der Waals surface area contributed by atoms with E-state index in [1.54, 1.807) is 9.25 Å². The number of nitrogens with zero attached hydrogens (tertiary/aromatic N) is 4. The third-order valence-electron chi connectivity index (χ3n) is 6.86. The van der Waals surface area contributed by atoms with Crippen molar-refractivity contribution in [2.75, 3.05) is 33.4 Å². The second-order valence-corrected chi connectivity index (χ2v) is 9.35. The number of benzene rings is 1. The zero-order valence-electron chi connectivity index (χ0n) is 20.9. The summed E-state index contributed by atoms with van der Waals surface area (Å²) >= 11 is 0. The molecule has 5 rings (SSSR count). The van der Waals surface area contributed by atoms with Crippen LogP contribution in [0.1, 0.15) is 39.2 Å². The van der Waals surface area contributed by atoms with Crippen LogP contribution in [0.15, 0.2) is 41.5 Å². The molecule has 9 heteroatoms. The number of carbonyl (C=O) groups excluding carboxylic acids is 1. The van der Waals surface area contributed by atoms with Crippen LogP contribution in [0.2, 0.25) is 0 Å². The summed E-state index contributed by atoms with van der Waals surface area (Å²) in [6, 6.07) is 7.79. The van der Waals surface area contributed by atoms with Crippen molar-refractivity contribution in [1.29, 1.82) is 0 Å². The molecule has 0 atom stereocenters. The minimum atomic E-state index is -0.479. The van der Waals surface area contributed by atoms with Crippen LogP contribution in [-0.2, 0) is 44.1 Å². The van der Waals surface area contributed by atoms with Gasteiger partial charge in [-0.1, -0.05) is 12.1 Å². The van der Waals surface area contributed by atoms with Gasteiger partial charge in [-0.25, -0.2) is 4.79 Å². The molecule has 2 aromatic heterocycles. The van der Waals surface area contributed by atoms with Crippen LogP contribution < -0.4 is 15.0 Å². The first-order chi connectivity index (χ1) is 17.5. The number of esters is 1. The molecule has 0 fully saturated rings. The fourth-order valence-electron chi connectivity index (χ4n) is 5.04. The van der Waals surface area contributed by atoms with E-state index in [0.717, 1.165) is 50.3 Å². The van der Waals surface area contributed by atoms with Crippen molar-refractivity contribution in [3.8, 4) is 11.5 Å². The van der Waals surface area contributed by atoms with Gasteiger partial charge < -0.3 is 18.8 Å². The molecule has 4 heterocycles. The first-order valence-electron chi connectivity index (χ1n) is 12.4. The van der Waals surface area contributed by atoms with Crippen LogP contribution in [0, 0.1) is 0 Å². The Morgan fingerprint density at radius 2 is 2.03 bits per heavy atom. The van der Waals surface area contributed by atoms with Gasteiger partial charge in [-0.15, -0.1) is 0 Å². The molecule has 0 radical (unpaired) electrons. The van der Waals surface area contributed by atoms with E-state index in [1.165, 1.54) is 24.3 Å². The summed E-state index contributed by atoms with van der Waals surface area (Å²) < 4.78 is 20.2. The van der Waals surface area contributed by atoms with Gasteiger partial charge in [0, 0.05) is 64.0 Å². The van der Waals surface area contributed by atoms with E-state index in [2.05, 4.69) is 22.1 Å². The third-order valence-corrected chi connectivity index (χ3v) is 6.86. The zero-order valence-corrected chi connectivity index (χ0v) is 20.9. The summed E-state index contributed by atoms with van der Waals surface area (Å²) in [6.07, 6.45) is 6.84. The Morgan fingerprint density at radius 3 is 2.83 bits per heavy atom. The van der Waals surface area contributed by atoms with E-state index in [0.29, 0.717) is 43.1 Å². The maximum absolute atomic E-state index is 13.0. The van der Waals surface area contributed by atoms with Crippen LogP contribution in [-0.4, -0.2) is 58.6 Å². The standard InChI is InChI=1S/C27H32N4O5/c1-29-17-20(16-28-29)4-3-12-35-24-15-25(32)31-11-10-30(9-7-22(31)26(24)27(33)34-2)18-19-5-6-23-21(14-19)8-13-36-23/h5-6,14-17H,3-4,7-13,18H2,1-2H3. The Kier molecular flexibility index (Phi) is 7.09. The van der Waals surface area contributed by atoms with Crippen molar-refractivity contribution in [3.05, 3.63) is 75.0 Å². The van der Waals surface area contributed by atoms with Crippen LogP contribution >= 0.6 is 0 Å². The predicted octanol–water partition coefficient (Wildman–Crippen LogP) is 2.37. The molecule has 2 aliphatic rings. The van der Waals surface area contributed by atoms with E-state index in [1.807, 2.05) is 25.5 Å². The van der Waals surface area contributed by atoms with Gasteiger partial charge in [0.15, 0.2) is 0 Å². The zero-order chi connectivity index (χ0) is 25.1. The van der Waals surface area contributed by atoms with Crippen molar-refractivity contribution in [1.82, 2.24) is 19.2 Å². The molecule has 0 aliphatic carbocycles. The average Bonchev–Trinajstić information content (AvgIpc) is 3.46. The maximum atomic E-state index is 13.0. The van der Waals surface area contributed by atoms with Gasteiger partial charge in [0.1, 0.15) is 17.1 Å².